The Hall–Kier alpha value is -9.27. The number of unbranched alkanes of at least 4 members (excludes halogenated alkanes) is 1. The van der Waals surface area contributed by atoms with Crippen molar-refractivity contribution < 1.29 is 129 Å². The predicted molar refractivity (Wildman–Crippen MR) is 449 cm³/mol. The van der Waals surface area contributed by atoms with Crippen molar-refractivity contribution in [2.75, 3.05) is 198 Å². The summed E-state index contributed by atoms with van der Waals surface area (Å²) < 4.78 is 59.8. The monoisotopic (exact) mass is 1760 g/mol. The number of hydrogen-bond donors (Lipinski definition) is 11. The number of imide groups is 1. The van der Waals surface area contributed by atoms with E-state index in [1.165, 1.54) is 37.4 Å². The van der Waals surface area contributed by atoms with E-state index in [4.69, 9.17) is 52.1 Å². The van der Waals surface area contributed by atoms with Crippen molar-refractivity contribution in [2.24, 2.45) is 17.8 Å². The van der Waals surface area contributed by atoms with Gasteiger partial charge in [0, 0.05) is 89.6 Å². The molecule has 0 bridgehead atoms. The Balaban J connectivity index is 1.39. The number of carbonyl (C=O) groups excluding carboxylic acids is 13. The number of anilines is 1. The largest absolute Gasteiger partial charge is 0.506 e. The van der Waals surface area contributed by atoms with Gasteiger partial charge in [0.05, 0.1) is 156 Å². The first-order valence-corrected chi connectivity index (χ1v) is 42.5. The molecule has 0 radical (unpaired) electrons. The first-order valence-electron chi connectivity index (χ1n) is 41.6. The Morgan fingerprint density at radius 2 is 1.11 bits per heavy atom. The van der Waals surface area contributed by atoms with Gasteiger partial charge in [-0.15, -0.1) is 11.3 Å². The Bertz CT molecular complexity index is 3610. The van der Waals surface area contributed by atoms with Crippen LogP contribution in [-0.2, 0) is 121 Å². The highest BCUT2D eigenvalue weighted by Gasteiger charge is 2.39. The zero-order valence-electron chi connectivity index (χ0n) is 73.3. The van der Waals surface area contributed by atoms with Gasteiger partial charge in [-0.2, -0.15) is 0 Å². The number of phenols is 1. The van der Waals surface area contributed by atoms with Gasteiger partial charge in [0.2, 0.25) is 53.2 Å². The number of hydrogen-bond acceptors (Lipinski definition) is 29. The van der Waals surface area contributed by atoms with E-state index in [9.17, 15) is 77.3 Å². The van der Waals surface area contributed by atoms with Gasteiger partial charge in [-0.25, -0.2) is 4.98 Å². The number of aromatic hydroxyl groups is 1. The minimum atomic E-state index is -1.14. The molecule has 0 spiro atoms. The summed E-state index contributed by atoms with van der Waals surface area (Å²) in [5, 5.41) is 45.9. The second-order valence-electron chi connectivity index (χ2n) is 30.1. The molecule has 12 amide bonds. The first-order chi connectivity index (χ1) is 58.7. The number of methoxy groups -OCH3 is 1. The average molecular weight is 1770 g/mol. The van der Waals surface area contributed by atoms with Crippen LogP contribution in [0.15, 0.2) is 35.7 Å². The van der Waals surface area contributed by atoms with E-state index in [0.717, 1.165) is 28.4 Å². The minimum absolute atomic E-state index is 0.00921. The molecule has 40 nitrogen and oxygen atoms in total. The maximum atomic E-state index is 14.4. The maximum Gasteiger partial charge on any atom is 0.306 e. The third-order valence-electron chi connectivity index (χ3n) is 19.5. The van der Waals surface area contributed by atoms with Gasteiger partial charge in [-0.1, -0.05) is 47.1 Å². The first kappa shape index (κ1) is 108. The summed E-state index contributed by atoms with van der Waals surface area (Å²) in [5.41, 5.74) is -0.662. The molecule has 2 heterocycles. The standard InChI is InChI=1S/C82H133N13O27S/c1-13-56(4)75(92-81(111)82(7,8)93(9)10)79(108)94(11)64(55(2)3)49-66(122-58(6)96)78-91-63(54-123-78)77(107)88-60(46-57(5)80(109)110)47-59-21-22-65(97)62(48-59)90-71(102)52-87-70(101)51-86-69(100)50-85-67(98)19-16-26-84-76(106)61(89-68(99)20-17-27-95-73(104)23-24-74(95)105)18-14-15-25-83-72(103)53-121-45-44-120-43-42-119-41-40-118-39-38-117-37-36-116-35-34-115-33-32-114-31-30-113-29-28-112-12/h21-24,48,54-57,60-61,64,66,75,97H,13-20,25-47,49-53H2,1-12H3,(H,83,103)(H,84,106)(H,85,98)(H,86,100)(H,87,101)(H,88,107)(H,89,99)(H,90,102)(H,92,111)(H,109,110)/t56-,57-,60+,61-,64+,66+,75-/m0/s1. The van der Waals surface area contributed by atoms with Gasteiger partial charge in [-0.05, 0) is 102 Å². The van der Waals surface area contributed by atoms with Crippen LogP contribution in [0.5, 0.6) is 5.75 Å². The quantitative estimate of drug-likeness (QED) is 0.0191. The van der Waals surface area contributed by atoms with Crippen molar-refractivity contribution in [3.05, 3.63) is 52.0 Å². The number of amides is 12. The maximum absolute atomic E-state index is 14.4. The normalized spacial score (nSPS) is 13.8. The number of benzene rings is 1. The summed E-state index contributed by atoms with van der Waals surface area (Å²) in [4.78, 5) is 190. The van der Waals surface area contributed by atoms with Crippen LogP contribution >= 0.6 is 11.3 Å². The summed E-state index contributed by atoms with van der Waals surface area (Å²) in [6, 6.07) is 0.851. The van der Waals surface area contributed by atoms with Crippen LogP contribution in [0.4, 0.5) is 5.69 Å². The SMILES string of the molecule is CC[C@H](C)[C@H](NC(=O)C(C)(C)N(C)C)C(=O)N(C)[C@H](C[C@@H](OC(C)=O)c1nc(C(=O)N[C@@H](Cc2ccc(O)c(NC(=O)CNC(=O)CNC(=O)CNC(=O)CCCNC(=O)[C@H](CCCCNC(=O)COCCOCCOCCOCCOCCOCCOCCOCCOCCOC)NC(=O)CCCN3C(=O)C=CC3=O)c2)C[C@H](C)C(=O)O)cs1)C(C)C. The van der Waals surface area contributed by atoms with Gasteiger partial charge in [0.15, 0.2) is 6.10 Å². The number of rotatable bonds is 70. The molecular weight excluding hydrogens is 1630 g/mol. The fraction of sp³-hybridized carbons (Fsp3) is 0.695. The highest BCUT2D eigenvalue weighted by Crippen LogP contribution is 2.32. The summed E-state index contributed by atoms with van der Waals surface area (Å²) in [6.07, 6.45) is 2.78. The number of carboxylic acid groups (broad SMARTS) is 1. The third-order valence-corrected chi connectivity index (χ3v) is 20.4. The van der Waals surface area contributed by atoms with Crippen molar-refractivity contribution >= 4 is 99.8 Å². The lowest BCUT2D eigenvalue weighted by Crippen LogP contribution is -2.60. The number of carbonyl (C=O) groups is 14. The number of nitrogens with one attached hydrogen (secondary N) is 9. The zero-order valence-corrected chi connectivity index (χ0v) is 74.2. The van der Waals surface area contributed by atoms with E-state index in [2.05, 4.69) is 52.8 Å². The van der Waals surface area contributed by atoms with E-state index < -0.39 is 126 Å². The van der Waals surface area contributed by atoms with E-state index in [0.29, 0.717) is 131 Å². The van der Waals surface area contributed by atoms with E-state index in [1.807, 2.05) is 27.7 Å². The number of phenolic OH excluding ortho intramolecular Hbond substituents is 1. The number of carboxylic acids is 1. The minimum Gasteiger partial charge on any atom is -0.506 e. The average Bonchev–Trinajstić information content (AvgIpc) is 1.28. The number of thiazole rings is 1. The molecule has 0 saturated heterocycles. The number of likely N-dealkylation sites (N-methyl/N-ethyl adjacent to an activating group) is 2. The highest BCUT2D eigenvalue weighted by atomic mass is 32.1. The van der Waals surface area contributed by atoms with E-state index in [1.54, 1.807) is 51.9 Å². The Labute approximate surface area is 724 Å². The number of ether oxygens (including phenoxy) is 11. The molecule has 41 heteroatoms. The van der Waals surface area contributed by atoms with Crippen molar-refractivity contribution in [1.29, 1.82) is 0 Å². The van der Waals surface area contributed by atoms with Crippen LogP contribution in [-0.4, -0.2) is 335 Å². The molecule has 694 valence electrons. The summed E-state index contributed by atoms with van der Waals surface area (Å²) >= 11 is 1.04. The van der Waals surface area contributed by atoms with Crippen molar-refractivity contribution in [1.82, 2.24) is 62.2 Å². The number of nitrogens with zero attached hydrogens (tertiary/aromatic N) is 4. The third kappa shape index (κ3) is 45.8. The number of esters is 1. The molecule has 7 atom stereocenters. The highest BCUT2D eigenvalue weighted by molar-refractivity contribution is 7.09. The Morgan fingerprint density at radius 1 is 0.593 bits per heavy atom. The van der Waals surface area contributed by atoms with Crippen molar-refractivity contribution in [3.8, 4) is 5.75 Å². The Kier molecular flexibility index (Phi) is 54.3. The van der Waals surface area contributed by atoms with Gasteiger partial charge in [-0.3, -0.25) is 76.9 Å². The zero-order chi connectivity index (χ0) is 91.1. The predicted octanol–water partition coefficient (Wildman–Crippen LogP) is 1.10. The molecule has 1 aromatic heterocycles. The van der Waals surface area contributed by atoms with Crippen molar-refractivity contribution in [2.45, 2.75) is 162 Å². The second-order valence-corrected chi connectivity index (χ2v) is 31.0. The van der Waals surface area contributed by atoms with Crippen LogP contribution in [0.1, 0.15) is 147 Å². The summed E-state index contributed by atoms with van der Waals surface area (Å²) in [7, 11) is 6.79. The van der Waals surface area contributed by atoms with E-state index >= 15 is 0 Å². The molecule has 1 aliphatic rings. The molecule has 123 heavy (non-hydrogen) atoms. The molecule has 1 aromatic carbocycles. The summed E-state index contributed by atoms with van der Waals surface area (Å²) in [5.74, 6) is -10.3. The Morgan fingerprint density at radius 3 is 1.62 bits per heavy atom. The number of aromatic nitrogens is 1. The molecule has 2 aromatic rings. The molecule has 0 saturated carbocycles. The molecule has 1 aliphatic heterocycles. The fourth-order valence-corrected chi connectivity index (χ4v) is 12.5. The smallest absolute Gasteiger partial charge is 0.306 e. The van der Waals surface area contributed by atoms with Gasteiger partial charge in [0.25, 0.3) is 17.7 Å². The lowest BCUT2D eigenvalue weighted by molar-refractivity contribution is -0.149. The van der Waals surface area contributed by atoms with Crippen LogP contribution in [0.3, 0.4) is 0 Å². The lowest BCUT2D eigenvalue weighted by atomic mass is 9.92. The topological polar surface area (TPSA) is 512 Å². The van der Waals surface area contributed by atoms with Crippen LogP contribution in [0.2, 0.25) is 0 Å². The van der Waals surface area contributed by atoms with Gasteiger partial charge in [0.1, 0.15) is 35.1 Å². The molecule has 11 N–H and O–H groups in total. The lowest BCUT2D eigenvalue weighted by Gasteiger charge is -2.38. The molecular formula is C82H133N13O27S. The summed E-state index contributed by atoms with van der Waals surface area (Å²) in [6.45, 7) is 19.5. The van der Waals surface area contributed by atoms with Crippen LogP contribution < -0.4 is 47.9 Å². The molecule has 0 unspecified atom stereocenters. The van der Waals surface area contributed by atoms with Gasteiger partial charge < -0.3 is 115 Å². The van der Waals surface area contributed by atoms with Crippen LogP contribution in [0.25, 0.3) is 0 Å². The van der Waals surface area contributed by atoms with E-state index in [-0.39, 0.29) is 143 Å². The van der Waals surface area contributed by atoms with Gasteiger partial charge >= 0.3 is 11.9 Å². The fourth-order valence-electron chi connectivity index (χ4n) is 11.6. The van der Waals surface area contributed by atoms with Crippen LogP contribution in [0, 0.1) is 17.8 Å². The second kappa shape index (κ2) is 61.9. The molecule has 3 rings (SSSR count). The number of aliphatic carboxylic acids is 1. The van der Waals surface area contributed by atoms with Crippen molar-refractivity contribution in [3.63, 3.8) is 0 Å². The molecule has 0 aliphatic carbocycles. The molecule has 0 fully saturated rings.